The fourth-order valence-electron chi connectivity index (χ4n) is 3.83. The molecule has 1 aliphatic rings. The van der Waals surface area contributed by atoms with Gasteiger partial charge in [0.1, 0.15) is 17.3 Å². The highest BCUT2D eigenvalue weighted by molar-refractivity contribution is 5.72. The lowest BCUT2D eigenvalue weighted by molar-refractivity contribution is 0.122. The number of morpholine rings is 1. The molecule has 6 heteroatoms. The summed E-state index contributed by atoms with van der Waals surface area (Å²) < 4.78 is 11.8. The number of benzene rings is 2. The zero-order valence-electron chi connectivity index (χ0n) is 18.4. The minimum atomic E-state index is 0.558. The van der Waals surface area contributed by atoms with E-state index in [9.17, 15) is 5.26 Å². The molecule has 0 spiro atoms. The van der Waals surface area contributed by atoms with Crippen LogP contribution in [0.4, 0.5) is 5.82 Å². The molecular formula is C26H28N4O2. The lowest BCUT2D eigenvalue weighted by atomic mass is 10.00. The predicted octanol–water partition coefficient (Wildman–Crippen LogP) is 4.45. The van der Waals surface area contributed by atoms with Crippen molar-refractivity contribution in [2.75, 3.05) is 37.7 Å². The number of aromatic nitrogens is 1. The zero-order valence-corrected chi connectivity index (χ0v) is 18.4. The van der Waals surface area contributed by atoms with Crippen molar-refractivity contribution >= 4 is 5.82 Å². The van der Waals surface area contributed by atoms with Crippen LogP contribution in [-0.4, -0.2) is 37.8 Å². The Balaban J connectivity index is 1.65. The van der Waals surface area contributed by atoms with Crippen LogP contribution in [0.1, 0.15) is 23.2 Å². The van der Waals surface area contributed by atoms with Crippen LogP contribution < -0.4 is 15.4 Å². The maximum atomic E-state index is 9.42. The van der Waals surface area contributed by atoms with E-state index in [4.69, 9.17) is 15.2 Å². The second-order valence-corrected chi connectivity index (χ2v) is 7.92. The summed E-state index contributed by atoms with van der Waals surface area (Å²) in [6.45, 7) is 5.66. The second kappa shape index (κ2) is 10.3. The van der Waals surface area contributed by atoms with E-state index in [-0.39, 0.29) is 0 Å². The maximum absolute atomic E-state index is 9.42. The molecule has 2 N–H and O–H groups in total. The van der Waals surface area contributed by atoms with Gasteiger partial charge in [0, 0.05) is 36.5 Å². The fraction of sp³-hybridized carbons (Fsp3) is 0.308. The van der Waals surface area contributed by atoms with E-state index in [2.05, 4.69) is 40.2 Å². The van der Waals surface area contributed by atoms with Crippen LogP contribution in [0.15, 0.2) is 54.6 Å². The lowest BCUT2D eigenvalue weighted by Gasteiger charge is -2.28. The molecule has 0 bridgehead atoms. The Labute approximate surface area is 189 Å². The topological polar surface area (TPSA) is 84.4 Å². The minimum absolute atomic E-state index is 0.558. The number of hydrogen-bond donors (Lipinski definition) is 1. The van der Waals surface area contributed by atoms with Gasteiger partial charge in [-0.15, -0.1) is 0 Å². The molecule has 32 heavy (non-hydrogen) atoms. The predicted molar refractivity (Wildman–Crippen MR) is 126 cm³/mol. The second-order valence-electron chi connectivity index (χ2n) is 7.92. The van der Waals surface area contributed by atoms with Gasteiger partial charge in [0.05, 0.1) is 24.8 Å². The van der Waals surface area contributed by atoms with Gasteiger partial charge in [0.2, 0.25) is 0 Å². The van der Waals surface area contributed by atoms with E-state index < -0.39 is 0 Å². The van der Waals surface area contributed by atoms with Crippen LogP contribution >= 0.6 is 0 Å². The highest BCUT2D eigenvalue weighted by Gasteiger charge is 2.15. The van der Waals surface area contributed by atoms with Crippen LogP contribution in [0.5, 0.6) is 11.5 Å². The van der Waals surface area contributed by atoms with Gasteiger partial charge in [-0.3, -0.25) is 0 Å². The summed E-state index contributed by atoms with van der Waals surface area (Å²) >= 11 is 0. The van der Waals surface area contributed by atoms with E-state index in [1.54, 1.807) is 6.07 Å². The Kier molecular flexibility index (Phi) is 7.00. The molecule has 0 aliphatic carbocycles. The number of pyridine rings is 1. The van der Waals surface area contributed by atoms with Gasteiger partial charge in [-0.25, -0.2) is 4.98 Å². The first-order valence-electron chi connectivity index (χ1n) is 11.0. The average molecular weight is 429 g/mol. The molecular weight excluding hydrogens is 400 g/mol. The molecule has 0 radical (unpaired) electrons. The minimum Gasteiger partial charge on any atom is -0.456 e. The SMILES string of the molecule is Cc1cc(Oc2cc(C#N)ccc2-c2ccc(CCCN)cc2)cc(N2CCOCC2)n1. The molecule has 2 heterocycles. The summed E-state index contributed by atoms with van der Waals surface area (Å²) in [5.74, 6) is 2.23. The number of nitrogens with two attached hydrogens (primary N) is 1. The Bertz CT molecular complexity index is 1100. The van der Waals surface area contributed by atoms with Crippen molar-refractivity contribution in [3.8, 4) is 28.7 Å². The number of anilines is 1. The standard InChI is InChI=1S/C26H28N4O2/c1-19-15-23(17-26(29-19)30-11-13-31-14-12-30)32-25-16-21(18-28)6-9-24(25)22-7-4-20(5-8-22)3-2-10-27/h4-9,15-17H,2-3,10-14,27H2,1H3. The first kappa shape index (κ1) is 21.8. The van der Waals surface area contributed by atoms with Gasteiger partial charge in [-0.2, -0.15) is 5.26 Å². The third-order valence-electron chi connectivity index (χ3n) is 5.52. The monoisotopic (exact) mass is 428 g/mol. The Hall–Kier alpha value is -3.40. The number of nitrogens with zero attached hydrogens (tertiary/aromatic N) is 3. The highest BCUT2D eigenvalue weighted by atomic mass is 16.5. The molecule has 0 amide bonds. The van der Waals surface area contributed by atoms with Crippen molar-refractivity contribution in [1.82, 2.24) is 4.98 Å². The average Bonchev–Trinajstić information content (AvgIpc) is 2.83. The Morgan fingerprint density at radius 2 is 1.88 bits per heavy atom. The van der Waals surface area contributed by atoms with Crippen LogP contribution in [0.2, 0.25) is 0 Å². The quantitative estimate of drug-likeness (QED) is 0.599. The van der Waals surface area contributed by atoms with Crippen LogP contribution in [0.25, 0.3) is 11.1 Å². The van der Waals surface area contributed by atoms with Crippen LogP contribution in [0.3, 0.4) is 0 Å². The van der Waals surface area contributed by atoms with Crippen molar-refractivity contribution in [3.05, 3.63) is 71.4 Å². The van der Waals surface area contributed by atoms with Crippen LogP contribution in [-0.2, 0) is 11.2 Å². The number of ether oxygens (including phenoxy) is 2. The maximum Gasteiger partial charge on any atom is 0.136 e. The van der Waals surface area contributed by atoms with Crippen molar-refractivity contribution < 1.29 is 9.47 Å². The fourth-order valence-corrected chi connectivity index (χ4v) is 3.83. The van der Waals surface area contributed by atoms with Gasteiger partial charge in [0.25, 0.3) is 0 Å². The van der Waals surface area contributed by atoms with Crippen molar-refractivity contribution in [3.63, 3.8) is 0 Å². The third-order valence-corrected chi connectivity index (χ3v) is 5.52. The van der Waals surface area contributed by atoms with Crippen molar-refractivity contribution in [2.24, 2.45) is 5.73 Å². The summed E-state index contributed by atoms with van der Waals surface area (Å²) in [5, 5.41) is 9.42. The Morgan fingerprint density at radius 1 is 1.09 bits per heavy atom. The molecule has 6 nitrogen and oxygen atoms in total. The molecule has 1 fully saturated rings. The molecule has 164 valence electrons. The van der Waals surface area contributed by atoms with Crippen LogP contribution in [0, 0.1) is 18.3 Å². The molecule has 0 atom stereocenters. The molecule has 2 aromatic carbocycles. The smallest absolute Gasteiger partial charge is 0.136 e. The lowest BCUT2D eigenvalue weighted by Crippen LogP contribution is -2.36. The van der Waals surface area contributed by atoms with E-state index in [1.807, 2.05) is 31.2 Å². The summed E-state index contributed by atoms with van der Waals surface area (Å²) in [5.41, 5.74) is 10.3. The van der Waals surface area contributed by atoms with E-state index in [1.165, 1.54) is 5.56 Å². The molecule has 4 rings (SSSR count). The molecule has 0 unspecified atom stereocenters. The first-order valence-corrected chi connectivity index (χ1v) is 11.0. The van der Waals surface area contributed by atoms with Gasteiger partial charge in [-0.1, -0.05) is 24.3 Å². The zero-order chi connectivity index (χ0) is 22.3. The Morgan fingerprint density at radius 3 is 2.59 bits per heavy atom. The summed E-state index contributed by atoms with van der Waals surface area (Å²) in [7, 11) is 0. The summed E-state index contributed by atoms with van der Waals surface area (Å²) in [6, 6.07) is 20.1. The summed E-state index contributed by atoms with van der Waals surface area (Å²) in [4.78, 5) is 6.88. The highest BCUT2D eigenvalue weighted by Crippen LogP contribution is 2.35. The number of aryl methyl sites for hydroxylation is 2. The van der Waals surface area contributed by atoms with Crippen molar-refractivity contribution in [2.45, 2.75) is 19.8 Å². The number of rotatable bonds is 7. The van der Waals surface area contributed by atoms with Gasteiger partial charge in [-0.05, 0) is 55.6 Å². The van der Waals surface area contributed by atoms with Gasteiger partial charge in [0.15, 0.2) is 0 Å². The van der Waals surface area contributed by atoms with E-state index >= 15 is 0 Å². The molecule has 1 saturated heterocycles. The van der Waals surface area contributed by atoms with Crippen molar-refractivity contribution in [1.29, 1.82) is 5.26 Å². The first-order chi connectivity index (χ1) is 15.7. The molecule has 3 aromatic rings. The number of nitriles is 1. The van der Waals surface area contributed by atoms with Gasteiger partial charge < -0.3 is 20.1 Å². The largest absolute Gasteiger partial charge is 0.456 e. The number of hydrogen-bond acceptors (Lipinski definition) is 6. The molecule has 1 aromatic heterocycles. The summed E-state index contributed by atoms with van der Waals surface area (Å²) in [6.07, 6.45) is 1.94. The van der Waals surface area contributed by atoms with E-state index in [0.29, 0.717) is 36.8 Å². The van der Waals surface area contributed by atoms with E-state index in [0.717, 1.165) is 48.6 Å². The molecule has 1 aliphatic heterocycles. The molecule has 0 saturated carbocycles. The third kappa shape index (κ3) is 5.25. The van der Waals surface area contributed by atoms with Gasteiger partial charge >= 0.3 is 0 Å². The normalized spacial score (nSPS) is 13.6.